The number of nitrogens with one attached hydrogen (secondary N) is 2. The number of H-pyrrole nitrogens is 1. The maximum Gasteiger partial charge on any atom is 0.245 e. The smallest absolute Gasteiger partial charge is 0.245 e. The van der Waals surface area contributed by atoms with Gasteiger partial charge < -0.3 is 25.6 Å². The summed E-state index contributed by atoms with van der Waals surface area (Å²) in [6, 6.07) is 13.1. The minimum atomic E-state index is -0.708. The molecule has 2 amide bonds. The summed E-state index contributed by atoms with van der Waals surface area (Å²) < 4.78 is 0. The predicted molar refractivity (Wildman–Crippen MR) is 108 cm³/mol. The van der Waals surface area contributed by atoms with E-state index in [-0.39, 0.29) is 29.1 Å². The fraction of sp³-hybridized carbons (Fsp3) is 0.238. The molecule has 8 heteroatoms. The van der Waals surface area contributed by atoms with Crippen molar-refractivity contribution in [1.82, 2.24) is 15.2 Å². The van der Waals surface area contributed by atoms with E-state index in [2.05, 4.69) is 10.3 Å². The van der Waals surface area contributed by atoms with Crippen LogP contribution in [-0.2, 0) is 22.4 Å². The highest BCUT2D eigenvalue weighted by molar-refractivity contribution is 5.99. The van der Waals surface area contributed by atoms with E-state index in [0.717, 1.165) is 5.56 Å². The Kier molecular flexibility index (Phi) is 4.96. The molecular formula is C21H21N4O4-. The number of amides is 2. The number of hydrogen-bond donors (Lipinski definition) is 3. The molecular weight excluding hydrogens is 372 g/mol. The Labute approximate surface area is 167 Å². The number of likely N-dealkylation sites (N-methyl/N-ethyl adjacent to an activating group) is 1. The summed E-state index contributed by atoms with van der Waals surface area (Å²) in [4.78, 5) is 30.2. The average molecular weight is 393 g/mol. The Morgan fingerprint density at radius 3 is 2.59 bits per heavy atom. The molecule has 3 aromatic rings. The highest BCUT2D eigenvalue weighted by Gasteiger charge is 2.38. The number of rotatable bonds is 5. The maximum atomic E-state index is 12.9. The van der Waals surface area contributed by atoms with Crippen molar-refractivity contribution in [2.24, 2.45) is 0 Å². The third-order valence-corrected chi connectivity index (χ3v) is 5.40. The number of aromatic nitrogens is 1. The SMILES string of the molecule is CN1C(=O)[C@H](Cc2ccccc2)NC(=O)[C@@H]1Cc1c[nH]c2cccc(N([O-])O)c12. The van der Waals surface area contributed by atoms with Gasteiger partial charge in [-0.25, -0.2) is 0 Å². The van der Waals surface area contributed by atoms with Crippen molar-refractivity contribution in [2.75, 3.05) is 12.3 Å². The van der Waals surface area contributed by atoms with Gasteiger partial charge in [0.15, 0.2) is 0 Å². The Hall–Kier alpha value is -3.36. The average Bonchev–Trinajstić information content (AvgIpc) is 3.13. The van der Waals surface area contributed by atoms with Crippen molar-refractivity contribution in [3.8, 4) is 0 Å². The molecule has 3 N–H and O–H groups in total. The zero-order valence-electron chi connectivity index (χ0n) is 15.8. The van der Waals surface area contributed by atoms with Crippen molar-refractivity contribution < 1.29 is 14.8 Å². The number of piperazine rings is 1. The molecule has 2 atom stereocenters. The van der Waals surface area contributed by atoms with E-state index in [4.69, 9.17) is 0 Å². The standard InChI is InChI=1S/C21H21N4O4/c1-24-18(11-14-12-22-15-8-5-9-17(19(14)15)25(28)29)20(26)23-16(21(24)27)10-13-6-3-2-4-7-13/h2-9,12,16,18,22,28H,10-11H2,1H3,(H,23,26)/q-1/t16-,18-/m0/s1. The van der Waals surface area contributed by atoms with Crippen LogP contribution >= 0.6 is 0 Å². The van der Waals surface area contributed by atoms with Gasteiger partial charge in [0.1, 0.15) is 12.1 Å². The number of anilines is 1. The van der Waals surface area contributed by atoms with E-state index in [1.165, 1.54) is 11.0 Å². The highest BCUT2D eigenvalue weighted by Crippen LogP contribution is 2.30. The van der Waals surface area contributed by atoms with E-state index in [9.17, 15) is 20.0 Å². The lowest BCUT2D eigenvalue weighted by atomic mass is 9.96. The Morgan fingerprint density at radius 1 is 1.10 bits per heavy atom. The van der Waals surface area contributed by atoms with Crippen molar-refractivity contribution >= 4 is 28.4 Å². The monoisotopic (exact) mass is 393 g/mol. The van der Waals surface area contributed by atoms with Gasteiger partial charge in [0.25, 0.3) is 0 Å². The third-order valence-electron chi connectivity index (χ3n) is 5.40. The van der Waals surface area contributed by atoms with Gasteiger partial charge >= 0.3 is 0 Å². The van der Waals surface area contributed by atoms with Gasteiger partial charge in [-0.3, -0.25) is 14.8 Å². The fourth-order valence-corrected chi connectivity index (χ4v) is 3.89. The molecule has 0 saturated carbocycles. The Bertz CT molecular complexity index is 1050. The van der Waals surface area contributed by atoms with Gasteiger partial charge in [-0.05, 0) is 23.3 Å². The molecule has 29 heavy (non-hydrogen) atoms. The number of aromatic amines is 1. The molecule has 150 valence electrons. The molecule has 1 aromatic heterocycles. The second-order valence-corrected chi connectivity index (χ2v) is 7.21. The lowest BCUT2D eigenvalue weighted by Gasteiger charge is -2.36. The van der Waals surface area contributed by atoms with Gasteiger partial charge in [0, 0.05) is 37.0 Å². The van der Waals surface area contributed by atoms with Crippen molar-refractivity contribution in [2.45, 2.75) is 24.9 Å². The van der Waals surface area contributed by atoms with Crippen LogP contribution in [0.15, 0.2) is 54.7 Å². The summed E-state index contributed by atoms with van der Waals surface area (Å²) >= 11 is 0. The van der Waals surface area contributed by atoms with Gasteiger partial charge in [-0.1, -0.05) is 36.4 Å². The van der Waals surface area contributed by atoms with E-state index >= 15 is 0 Å². The summed E-state index contributed by atoms with van der Waals surface area (Å²) in [6.45, 7) is 0. The second-order valence-electron chi connectivity index (χ2n) is 7.21. The highest BCUT2D eigenvalue weighted by atomic mass is 16.8. The molecule has 1 saturated heterocycles. The first kappa shape index (κ1) is 19.0. The van der Waals surface area contributed by atoms with Crippen LogP contribution in [0.3, 0.4) is 0 Å². The Morgan fingerprint density at radius 2 is 1.86 bits per heavy atom. The summed E-state index contributed by atoms with van der Waals surface area (Å²) in [5, 5.41) is 24.1. The number of carbonyl (C=O) groups is 2. The van der Waals surface area contributed by atoms with E-state index in [1.54, 1.807) is 25.4 Å². The van der Waals surface area contributed by atoms with Gasteiger partial charge in [-0.2, -0.15) is 0 Å². The maximum absolute atomic E-state index is 12.9. The van der Waals surface area contributed by atoms with Crippen molar-refractivity contribution in [3.05, 3.63) is 71.1 Å². The molecule has 1 aliphatic rings. The van der Waals surface area contributed by atoms with Crippen LogP contribution in [0.1, 0.15) is 11.1 Å². The number of fused-ring (bicyclic) bond motifs is 1. The number of benzene rings is 2. The minimum Gasteiger partial charge on any atom is -0.733 e. The number of carbonyl (C=O) groups excluding carboxylic acids is 2. The van der Waals surface area contributed by atoms with Crippen LogP contribution < -0.4 is 10.5 Å². The zero-order chi connectivity index (χ0) is 20.5. The number of hydrogen-bond acceptors (Lipinski definition) is 5. The lowest BCUT2D eigenvalue weighted by Crippen LogP contribution is -2.63. The first-order valence-corrected chi connectivity index (χ1v) is 9.32. The first-order chi connectivity index (χ1) is 14.0. The molecule has 1 aliphatic heterocycles. The van der Waals surface area contributed by atoms with E-state index < -0.39 is 12.1 Å². The molecule has 0 bridgehead atoms. The molecule has 0 aliphatic carbocycles. The molecule has 2 aromatic carbocycles. The predicted octanol–water partition coefficient (Wildman–Crippen LogP) is 1.97. The van der Waals surface area contributed by atoms with Crippen LogP contribution in [0.2, 0.25) is 0 Å². The summed E-state index contributed by atoms with van der Waals surface area (Å²) in [5.41, 5.74) is 2.40. The van der Waals surface area contributed by atoms with E-state index in [1.807, 2.05) is 30.3 Å². The fourth-order valence-electron chi connectivity index (χ4n) is 3.89. The van der Waals surface area contributed by atoms with Gasteiger partial charge in [0.05, 0.1) is 5.69 Å². The summed E-state index contributed by atoms with van der Waals surface area (Å²) in [6.07, 6.45) is 2.34. The first-order valence-electron chi connectivity index (χ1n) is 9.32. The molecule has 0 radical (unpaired) electrons. The van der Waals surface area contributed by atoms with Crippen molar-refractivity contribution in [1.29, 1.82) is 0 Å². The molecule has 2 heterocycles. The van der Waals surface area contributed by atoms with Crippen LogP contribution in [0.25, 0.3) is 10.9 Å². The molecule has 8 nitrogen and oxygen atoms in total. The lowest BCUT2D eigenvalue weighted by molar-refractivity contribution is -0.147. The number of nitrogens with zero attached hydrogens (tertiary/aromatic N) is 2. The molecule has 4 rings (SSSR count). The summed E-state index contributed by atoms with van der Waals surface area (Å²) in [7, 11) is 1.62. The zero-order valence-corrected chi connectivity index (χ0v) is 15.8. The summed E-state index contributed by atoms with van der Waals surface area (Å²) in [5.74, 6) is -0.408. The topological polar surface area (TPSA) is 112 Å². The largest absolute Gasteiger partial charge is 0.733 e. The van der Waals surface area contributed by atoms with Crippen LogP contribution in [0.5, 0.6) is 0 Å². The Balaban J connectivity index is 1.57. The van der Waals surface area contributed by atoms with Crippen LogP contribution in [0.4, 0.5) is 5.69 Å². The quantitative estimate of drug-likeness (QED) is 0.574. The van der Waals surface area contributed by atoms with Crippen LogP contribution in [0, 0.1) is 5.21 Å². The molecule has 1 fully saturated rings. The minimum absolute atomic E-state index is 0.0888. The van der Waals surface area contributed by atoms with Gasteiger partial charge in [-0.15, -0.1) is 0 Å². The third kappa shape index (κ3) is 3.55. The van der Waals surface area contributed by atoms with E-state index in [0.29, 0.717) is 22.9 Å². The van der Waals surface area contributed by atoms with Crippen LogP contribution in [-0.4, -0.2) is 46.0 Å². The molecule has 0 spiro atoms. The normalized spacial score (nSPS) is 19.5. The van der Waals surface area contributed by atoms with Gasteiger partial charge in [0.2, 0.25) is 11.8 Å². The second kappa shape index (κ2) is 7.57. The van der Waals surface area contributed by atoms with Crippen molar-refractivity contribution in [3.63, 3.8) is 0 Å². The molecule has 0 unspecified atom stereocenters.